The number of aliphatic carboxylic acids is 1. The third kappa shape index (κ3) is 3.43. The van der Waals surface area contributed by atoms with E-state index in [1.165, 1.54) is 12.1 Å². The molecule has 1 aromatic heterocycles. The van der Waals surface area contributed by atoms with E-state index in [-0.39, 0.29) is 5.92 Å². The Balaban J connectivity index is 1.93. The molecule has 1 aliphatic heterocycles. The van der Waals surface area contributed by atoms with Gasteiger partial charge in [0.1, 0.15) is 11.6 Å². The highest BCUT2D eigenvalue weighted by Gasteiger charge is 2.31. The van der Waals surface area contributed by atoms with Crippen LogP contribution in [0.1, 0.15) is 30.0 Å². The molecule has 1 aromatic carbocycles. The summed E-state index contributed by atoms with van der Waals surface area (Å²) in [5.74, 6) is -2.38. The molecule has 4 nitrogen and oxygen atoms in total. The molecule has 3 rings (SSSR count). The minimum atomic E-state index is -0.791. The Morgan fingerprint density at radius 3 is 2.58 bits per heavy atom. The number of hydrogen-bond acceptors (Lipinski definition) is 3. The molecule has 0 saturated carbocycles. The third-order valence-electron chi connectivity index (χ3n) is 4.50. The number of piperidine rings is 1. The van der Waals surface area contributed by atoms with Crippen LogP contribution < -0.4 is 0 Å². The smallest absolute Gasteiger partial charge is 0.306 e. The molecule has 1 atom stereocenters. The number of halogens is 2. The highest BCUT2D eigenvalue weighted by atomic mass is 19.1. The number of hydrogen-bond donors (Lipinski definition) is 1. The van der Waals surface area contributed by atoms with Gasteiger partial charge in [0.2, 0.25) is 0 Å². The number of rotatable bonds is 4. The maximum atomic E-state index is 14.4. The first kappa shape index (κ1) is 16.5. The van der Waals surface area contributed by atoms with Crippen molar-refractivity contribution in [2.24, 2.45) is 5.92 Å². The average Bonchev–Trinajstić information content (AvgIpc) is 2.58. The molecule has 0 radical (unpaired) electrons. The maximum absolute atomic E-state index is 14.4. The number of carbonyl (C=O) groups is 1. The van der Waals surface area contributed by atoms with Crippen molar-refractivity contribution in [2.45, 2.75) is 18.9 Å². The van der Waals surface area contributed by atoms with E-state index in [2.05, 4.69) is 4.98 Å². The van der Waals surface area contributed by atoms with Crippen LogP contribution in [0.15, 0.2) is 42.7 Å². The predicted molar refractivity (Wildman–Crippen MR) is 84.4 cm³/mol. The third-order valence-corrected chi connectivity index (χ3v) is 4.50. The Hall–Kier alpha value is -2.34. The second-order valence-corrected chi connectivity index (χ2v) is 6.00. The molecule has 0 bridgehead atoms. The fourth-order valence-electron chi connectivity index (χ4n) is 3.25. The highest BCUT2D eigenvalue weighted by Crippen LogP contribution is 2.33. The molecule has 0 spiro atoms. The van der Waals surface area contributed by atoms with Crippen molar-refractivity contribution in [3.8, 4) is 0 Å². The molecule has 1 unspecified atom stereocenters. The van der Waals surface area contributed by atoms with Crippen LogP contribution >= 0.6 is 0 Å². The number of likely N-dealkylation sites (tertiary alicyclic amines) is 1. The minimum Gasteiger partial charge on any atom is -0.481 e. The molecule has 0 aliphatic carbocycles. The zero-order valence-corrected chi connectivity index (χ0v) is 13.0. The van der Waals surface area contributed by atoms with Gasteiger partial charge >= 0.3 is 5.97 Å². The van der Waals surface area contributed by atoms with Gasteiger partial charge in [-0.15, -0.1) is 0 Å². The Morgan fingerprint density at radius 2 is 2.00 bits per heavy atom. The van der Waals surface area contributed by atoms with Gasteiger partial charge in [0.05, 0.1) is 12.0 Å². The molecule has 1 fully saturated rings. The van der Waals surface area contributed by atoms with Gasteiger partial charge in [-0.05, 0) is 43.6 Å². The Kier molecular flexibility index (Phi) is 4.85. The lowest BCUT2D eigenvalue weighted by molar-refractivity contribution is -0.143. The van der Waals surface area contributed by atoms with Crippen LogP contribution in [0.2, 0.25) is 0 Å². The molecule has 126 valence electrons. The van der Waals surface area contributed by atoms with Crippen LogP contribution in [0.3, 0.4) is 0 Å². The first-order chi connectivity index (χ1) is 11.6. The summed E-state index contributed by atoms with van der Waals surface area (Å²) in [4.78, 5) is 17.3. The number of benzene rings is 1. The van der Waals surface area contributed by atoms with Crippen LogP contribution in [-0.2, 0) is 4.79 Å². The van der Waals surface area contributed by atoms with E-state index >= 15 is 0 Å². The molecule has 6 heteroatoms. The van der Waals surface area contributed by atoms with Gasteiger partial charge in [0.25, 0.3) is 0 Å². The molecule has 1 N–H and O–H groups in total. The van der Waals surface area contributed by atoms with E-state index in [1.54, 1.807) is 18.5 Å². The second kappa shape index (κ2) is 7.05. The van der Waals surface area contributed by atoms with Gasteiger partial charge in [-0.2, -0.15) is 0 Å². The van der Waals surface area contributed by atoms with Crippen molar-refractivity contribution in [1.29, 1.82) is 0 Å². The van der Waals surface area contributed by atoms with E-state index < -0.39 is 23.6 Å². The summed E-state index contributed by atoms with van der Waals surface area (Å²) < 4.78 is 27.6. The quantitative estimate of drug-likeness (QED) is 0.934. The maximum Gasteiger partial charge on any atom is 0.306 e. The molecule has 2 heterocycles. The average molecular weight is 332 g/mol. The van der Waals surface area contributed by atoms with Crippen LogP contribution in [0.4, 0.5) is 8.78 Å². The summed E-state index contributed by atoms with van der Waals surface area (Å²) in [5.41, 5.74) is 1.18. The molecular formula is C18H18F2N2O2. The van der Waals surface area contributed by atoms with Gasteiger partial charge in [-0.1, -0.05) is 12.1 Å². The fourth-order valence-corrected chi connectivity index (χ4v) is 3.25. The fraction of sp³-hybridized carbons (Fsp3) is 0.333. The zero-order valence-electron chi connectivity index (χ0n) is 13.0. The van der Waals surface area contributed by atoms with Crippen LogP contribution in [0, 0.1) is 17.6 Å². The van der Waals surface area contributed by atoms with Crippen molar-refractivity contribution < 1.29 is 18.7 Å². The lowest BCUT2D eigenvalue weighted by atomic mass is 9.91. The normalized spacial score (nSPS) is 17.6. The SMILES string of the molecule is O=C(O)C1CCN(C(c2cccnc2)c2ccc(F)cc2F)CC1. The number of carboxylic acid groups (broad SMARTS) is 1. The molecule has 1 aliphatic rings. The van der Waals surface area contributed by atoms with Gasteiger partial charge in [-0.3, -0.25) is 14.7 Å². The van der Waals surface area contributed by atoms with Crippen LogP contribution in [-0.4, -0.2) is 34.0 Å². The van der Waals surface area contributed by atoms with Crippen molar-refractivity contribution in [3.05, 3.63) is 65.5 Å². The van der Waals surface area contributed by atoms with Gasteiger partial charge in [-0.25, -0.2) is 8.78 Å². The Bertz CT molecular complexity index is 716. The molecule has 1 saturated heterocycles. The summed E-state index contributed by atoms with van der Waals surface area (Å²) in [6.07, 6.45) is 4.32. The first-order valence-electron chi connectivity index (χ1n) is 7.88. The van der Waals surface area contributed by atoms with Crippen LogP contribution in [0.25, 0.3) is 0 Å². The first-order valence-corrected chi connectivity index (χ1v) is 7.88. The summed E-state index contributed by atoms with van der Waals surface area (Å²) >= 11 is 0. The van der Waals surface area contributed by atoms with Crippen molar-refractivity contribution in [2.75, 3.05) is 13.1 Å². The van der Waals surface area contributed by atoms with E-state index in [9.17, 15) is 13.6 Å². The topological polar surface area (TPSA) is 53.4 Å². The number of pyridine rings is 1. The number of aromatic nitrogens is 1. The predicted octanol–water partition coefficient (Wildman–Crippen LogP) is 3.25. The van der Waals surface area contributed by atoms with Crippen molar-refractivity contribution >= 4 is 5.97 Å². The van der Waals surface area contributed by atoms with E-state index in [0.717, 1.165) is 11.6 Å². The molecule has 24 heavy (non-hydrogen) atoms. The number of carboxylic acids is 1. The lowest BCUT2D eigenvalue weighted by Gasteiger charge is -2.37. The largest absolute Gasteiger partial charge is 0.481 e. The van der Waals surface area contributed by atoms with Crippen LogP contribution in [0.5, 0.6) is 0 Å². The standard InChI is InChI=1S/C18H18F2N2O2/c19-14-3-4-15(16(20)10-14)17(13-2-1-7-21-11-13)22-8-5-12(6-9-22)18(23)24/h1-4,7,10-12,17H,5-6,8-9H2,(H,23,24). The molecular weight excluding hydrogens is 314 g/mol. The summed E-state index contributed by atoms with van der Waals surface area (Å²) in [5, 5.41) is 9.14. The monoisotopic (exact) mass is 332 g/mol. The molecule has 0 amide bonds. The number of nitrogens with zero attached hydrogens (tertiary/aromatic N) is 2. The Labute approximate surface area is 138 Å². The van der Waals surface area contributed by atoms with E-state index in [0.29, 0.717) is 31.5 Å². The van der Waals surface area contributed by atoms with Gasteiger partial charge in [0, 0.05) is 24.0 Å². The van der Waals surface area contributed by atoms with Gasteiger partial charge < -0.3 is 5.11 Å². The van der Waals surface area contributed by atoms with Gasteiger partial charge in [0.15, 0.2) is 0 Å². The van der Waals surface area contributed by atoms with Crippen molar-refractivity contribution in [3.63, 3.8) is 0 Å². The highest BCUT2D eigenvalue weighted by molar-refractivity contribution is 5.70. The second-order valence-electron chi connectivity index (χ2n) is 6.00. The lowest BCUT2D eigenvalue weighted by Crippen LogP contribution is -2.39. The van der Waals surface area contributed by atoms with E-state index in [4.69, 9.17) is 5.11 Å². The summed E-state index contributed by atoms with van der Waals surface area (Å²) in [6.45, 7) is 1.07. The minimum absolute atomic E-state index is 0.367. The van der Waals surface area contributed by atoms with Crippen molar-refractivity contribution in [1.82, 2.24) is 9.88 Å². The van der Waals surface area contributed by atoms with E-state index in [1.807, 2.05) is 11.0 Å². The summed E-state index contributed by atoms with van der Waals surface area (Å²) in [6, 6.07) is 6.78. The zero-order chi connectivity index (χ0) is 17.1. The summed E-state index contributed by atoms with van der Waals surface area (Å²) in [7, 11) is 0. The Morgan fingerprint density at radius 1 is 1.25 bits per heavy atom. The molecule has 2 aromatic rings.